The fourth-order valence-electron chi connectivity index (χ4n) is 2.93. The van der Waals surface area contributed by atoms with Crippen molar-refractivity contribution in [3.8, 4) is 0 Å². The minimum Gasteiger partial charge on any atom is -0.340 e. The molecule has 4 heteroatoms. The van der Waals surface area contributed by atoms with Gasteiger partial charge >= 0.3 is 0 Å². The van der Waals surface area contributed by atoms with E-state index in [4.69, 9.17) is 0 Å². The van der Waals surface area contributed by atoms with Crippen molar-refractivity contribution in [1.29, 1.82) is 0 Å². The van der Waals surface area contributed by atoms with E-state index in [0.29, 0.717) is 6.42 Å². The molecule has 3 nitrogen and oxygen atoms in total. The van der Waals surface area contributed by atoms with E-state index in [-0.39, 0.29) is 5.91 Å². The number of benzene rings is 2. The molecule has 1 fully saturated rings. The molecule has 1 heterocycles. The van der Waals surface area contributed by atoms with Crippen LogP contribution in [0.4, 0.5) is 0 Å². The second-order valence-corrected chi connectivity index (χ2v) is 7.19. The SMILES string of the molecule is O=C(Cc1ccccc1)N1CCN(Cc2cccc(I)c2)CC1. The van der Waals surface area contributed by atoms with Crippen LogP contribution in [0.1, 0.15) is 11.1 Å². The Balaban J connectivity index is 1.49. The van der Waals surface area contributed by atoms with Crippen LogP contribution in [0.2, 0.25) is 0 Å². The quantitative estimate of drug-likeness (QED) is 0.710. The predicted molar refractivity (Wildman–Crippen MR) is 101 cm³/mol. The number of hydrogen-bond donors (Lipinski definition) is 0. The highest BCUT2D eigenvalue weighted by Crippen LogP contribution is 2.13. The highest BCUT2D eigenvalue weighted by Gasteiger charge is 2.21. The van der Waals surface area contributed by atoms with E-state index in [2.05, 4.69) is 51.8 Å². The summed E-state index contributed by atoms with van der Waals surface area (Å²) in [6, 6.07) is 18.6. The van der Waals surface area contributed by atoms with Crippen LogP contribution in [0.3, 0.4) is 0 Å². The maximum Gasteiger partial charge on any atom is 0.227 e. The van der Waals surface area contributed by atoms with Crippen molar-refractivity contribution < 1.29 is 4.79 Å². The van der Waals surface area contributed by atoms with Crippen molar-refractivity contribution >= 4 is 28.5 Å². The van der Waals surface area contributed by atoms with Crippen LogP contribution in [0.5, 0.6) is 0 Å². The number of nitrogens with zero attached hydrogens (tertiary/aromatic N) is 2. The number of carbonyl (C=O) groups is 1. The van der Waals surface area contributed by atoms with E-state index in [1.54, 1.807) is 0 Å². The molecule has 0 aliphatic carbocycles. The first kappa shape index (κ1) is 16.5. The third kappa shape index (κ3) is 4.78. The number of carbonyl (C=O) groups excluding carboxylic acids is 1. The van der Waals surface area contributed by atoms with Gasteiger partial charge in [0.15, 0.2) is 0 Å². The lowest BCUT2D eigenvalue weighted by molar-refractivity contribution is -0.132. The van der Waals surface area contributed by atoms with E-state index >= 15 is 0 Å². The van der Waals surface area contributed by atoms with Crippen molar-refractivity contribution in [2.75, 3.05) is 26.2 Å². The molecular weight excluding hydrogens is 399 g/mol. The number of amides is 1. The Morgan fingerprint density at radius 3 is 2.30 bits per heavy atom. The number of rotatable bonds is 4. The molecule has 120 valence electrons. The summed E-state index contributed by atoms with van der Waals surface area (Å²) in [6.45, 7) is 4.53. The van der Waals surface area contributed by atoms with Gasteiger partial charge in [-0.2, -0.15) is 0 Å². The molecule has 0 saturated carbocycles. The van der Waals surface area contributed by atoms with Gasteiger partial charge in [-0.15, -0.1) is 0 Å². The van der Waals surface area contributed by atoms with Gasteiger partial charge in [0.1, 0.15) is 0 Å². The largest absolute Gasteiger partial charge is 0.340 e. The maximum atomic E-state index is 12.4. The molecule has 3 rings (SSSR count). The zero-order valence-corrected chi connectivity index (χ0v) is 15.3. The standard InChI is InChI=1S/C19H21IN2O/c20-18-8-4-7-17(13-18)15-21-9-11-22(12-10-21)19(23)14-16-5-2-1-3-6-16/h1-8,13H,9-12,14-15H2. The lowest BCUT2D eigenvalue weighted by Gasteiger charge is -2.35. The van der Waals surface area contributed by atoms with Gasteiger partial charge in [-0.3, -0.25) is 9.69 Å². The predicted octanol–water partition coefficient (Wildman–Crippen LogP) is 3.18. The highest BCUT2D eigenvalue weighted by molar-refractivity contribution is 14.1. The summed E-state index contributed by atoms with van der Waals surface area (Å²) in [5, 5.41) is 0. The monoisotopic (exact) mass is 420 g/mol. The summed E-state index contributed by atoms with van der Waals surface area (Å²) in [7, 11) is 0. The van der Waals surface area contributed by atoms with Gasteiger partial charge in [0.05, 0.1) is 6.42 Å². The fourth-order valence-corrected chi connectivity index (χ4v) is 3.54. The molecule has 23 heavy (non-hydrogen) atoms. The molecule has 0 N–H and O–H groups in total. The van der Waals surface area contributed by atoms with E-state index in [0.717, 1.165) is 38.3 Å². The highest BCUT2D eigenvalue weighted by atomic mass is 127. The molecule has 2 aromatic carbocycles. The van der Waals surface area contributed by atoms with Crippen molar-refractivity contribution in [2.24, 2.45) is 0 Å². The molecule has 0 spiro atoms. The normalized spacial score (nSPS) is 15.6. The van der Waals surface area contributed by atoms with Crippen LogP contribution in [0, 0.1) is 3.57 Å². The van der Waals surface area contributed by atoms with Crippen LogP contribution in [0.15, 0.2) is 54.6 Å². The summed E-state index contributed by atoms with van der Waals surface area (Å²) in [6.07, 6.45) is 0.512. The van der Waals surface area contributed by atoms with Gasteiger partial charge in [-0.1, -0.05) is 42.5 Å². The lowest BCUT2D eigenvalue weighted by atomic mass is 10.1. The van der Waals surface area contributed by atoms with E-state index in [9.17, 15) is 4.79 Å². The topological polar surface area (TPSA) is 23.6 Å². The summed E-state index contributed by atoms with van der Waals surface area (Å²) in [5.41, 5.74) is 2.44. The number of halogens is 1. The van der Waals surface area contributed by atoms with Gasteiger partial charge in [0.2, 0.25) is 5.91 Å². The minimum atomic E-state index is 0.241. The fraction of sp³-hybridized carbons (Fsp3) is 0.316. The molecule has 2 aromatic rings. The Kier molecular flexibility index (Phi) is 5.67. The summed E-state index contributed by atoms with van der Waals surface area (Å²) < 4.78 is 1.27. The van der Waals surface area contributed by atoms with Crippen molar-refractivity contribution in [3.05, 3.63) is 69.3 Å². The van der Waals surface area contributed by atoms with Crippen molar-refractivity contribution in [1.82, 2.24) is 9.80 Å². The molecule has 1 saturated heterocycles. The third-order valence-corrected chi connectivity index (χ3v) is 4.89. The van der Waals surface area contributed by atoms with Crippen LogP contribution in [-0.2, 0) is 17.8 Å². The van der Waals surface area contributed by atoms with Gasteiger partial charge in [-0.25, -0.2) is 0 Å². The van der Waals surface area contributed by atoms with E-state index in [1.165, 1.54) is 9.13 Å². The zero-order valence-electron chi connectivity index (χ0n) is 13.1. The van der Waals surface area contributed by atoms with Crippen LogP contribution in [-0.4, -0.2) is 41.9 Å². The first-order valence-corrected chi connectivity index (χ1v) is 9.07. The molecule has 0 atom stereocenters. The third-order valence-electron chi connectivity index (χ3n) is 4.22. The maximum absolute atomic E-state index is 12.4. The molecule has 1 amide bonds. The second kappa shape index (κ2) is 7.93. The first-order chi connectivity index (χ1) is 11.2. The van der Waals surface area contributed by atoms with Gasteiger partial charge < -0.3 is 4.90 Å². The molecule has 0 unspecified atom stereocenters. The van der Waals surface area contributed by atoms with Gasteiger partial charge in [0, 0.05) is 36.3 Å². The average Bonchev–Trinajstić information content (AvgIpc) is 2.56. The minimum absolute atomic E-state index is 0.241. The van der Waals surface area contributed by atoms with Crippen LogP contribution in [0.25, 0.3) is 0 Å². The molecule has 0 radical (unpaired) electrons. The Bertz CT molecular complexity index is 651. The zero-order chi connectivity index (χ0) is 16.1. The average molecular weight is 420 g/mol. The Morgan fingerprint density at radius 2 is 1.61 bits per heavy atom. The molecule has 0 aromatic heterocycles. The first-order valence-electron chi connectivity index (χ1n) is 7.99. The van der Waals surface area contributed by atoms with Crippen molar-refractivity contribution in [3.63, 3.8) is 0 Å². The lowest BCUT2D eigenvalue weighted by Crippen LogP contribution is -2.48. The summed E-state index contributed by atoms with van der Waals surface area (Å²) in [5.74, 6) is 0.241. The van der Waals surface area contributed by atoms with Crippen LogP contribution >= 0.6 is 22.6 Å². The summed E-state index contributed by atoms with van der Waals surface area (Å²) in [4.78, 5) is 16.8. The van der Waals surface area contributed by atoms with Gasteiger partial charge in [0.25, 0.3) is 0 Å². The van der Waals surface area contributed by atoms with E-state index < -0.39 is 0 Å². The Labute approximate surface area is 151 Å². The molecule has 1 aliphatic heterocycles. The second-order valence-electron chi connectivity index (χ2n) is 5.95. The number of piperazine rings is 1. The van der Waals surface area contributed by atoms with Gasteiger partial charge in [-0.05, 0) is 45.9 Å². The summed E-state index contributed by atoms with van der Waals surface area (Å²) >= 11 is 2.35. The smallest absolute Gasteiger partial charge is 0.227 e. The van der Waals surface area contributed by atoms with E-state index in [1.807, 2.05) is 35.2 Å². The molecule has 1 aliphatic rings. The Morgan fingerprint density at radius 1 is 0.913 bits per heavy atom. The molecular formula is C19H21IN2O. The van der Waals surface area contributed by atoms with Crippen LogP contribution < -0.4 is 0 Å². The number of hydrogen-bond acceptors (Lipinski definition) is 2. The van der Waals surface area contributed by atoms with Crippen molar-refractivity contribution in [2.45, 2.75) is 13.0 Å². The Hall–Kier alpha value is -1.40. The molecule has 0 bridgehead atoms.